The number of ketones is 1. The Hall–Kier alpha value is -3.02. The van der Waals surface area contributed by atoms with Gasteiger partial charge in [-0.1, -0.05) is 38.0 Å². The number of benzene rings is 2. The molecule has 0 saturated heterocycles. The molecule has 0 heterocycles. The second-order valence-corrected chi connectivity index (χ2v) is 7.46. The Kier molecular flexibility index (Phi) is 7.93. The van der Waals surface area contributed by atoms with Gasteiger partial charge in [-0.3, -0.25) is 9.59 Å². The van der Waals surface area contributed by atoms with Crippen LogP contribution in [0.25, 0.3) is 11.1 Å². The molecule has 6 heteroatoms. The molecule has 166 valence electrons. The fourth-order valence-corrected chi connectivity index (χ4v) is 3.89. The minimum absolute atomic E-state index is 0.149. The van der Waals surface area contributed by atoms with E-state index in [9.17, 15) is 9.59 Å². The maximum atomic E-state index is 12.2. The number of ether oxygens (including phenoxy) is 4. The first-order valence-electron chi connectivity index (χ1n) is 10.8. The third kappa shape index (κ3) is 5.19. The Morgan fingerprint density at radius 1 is 0.903 bits per heavy atom. The van der Waals surface area contributed by atoms with Crippen molar-refractivity contribution in [1.29, 1.82) is 0 Å². The predicted octanol–water partition coefficient (Wildman–Crippen LogP) is 5.00. The van der Waals surface area contributed by atoms with Crippen LogP contribution in [0.5, 0.6) is 17.2 Å². The van der Waals surface area contributed by atoms with Crippen molar-refractivity contribution in [2.45, 2.75) is 45.4 Å². The molecule has 6 nitrogen and oxygen atoms in total. The van der Waals surface area contributed by atoms with Gasteiger partial charge in [0.05, 0.1) is 14.2 Å². The van der Waals surface area contributed by atoms with E-state index in [0.717, 1.165) is 41.5 Å². The number of carbonyl (C=O) groups excluding carboxylic acids is 2. The summed E-state index contributed by atoms with van der Waals surface area (Å²) in [4.78, 5) is 24.0. The van der Waals surface area contributed by atoms with Crippen molar-refractivity contribution in [1.82, 2.24) is 0 Å². The lowest BCUT2D eigenvalue weighted by atomic mass is 9.95. The zero-order chi connectivity index (χ0) is 22.2. The lowest BCUT2D eigenvalue weighted by Gasteiger charge is -2.19. The van der Waals surface area contributed by atoms with Crippen molar-refractivity contribution >= 4 is 11.8 Å². The topological polar surface area (TPSA) is 71.1 Å². The first-order valence-corrected chi connectivity index (χ1v) is 10.8. The molecule has 0 unspecified atom stereocenters. The SMILES string of the molecule is CCCCCC(=O)OCCOc1c(-c2cccc3c2CCC3=O)ccc(OC)c1OC. The van der Waals surface area contributed by atoms with Crippen LogP contribution in [-0.4, -0.2) is 39.2 Å². The summed E-state index contributed by atoms with van der Waals surface area (Å²) in [6.07, 6.45) is 4.55. The number of hydrogen-bond donors (Lipinski definition) is 0. The maximum absolute atomic E-state index is 12.2. The molecule has 0 aromatic heterocycles. The maximum Gasteiger partial charge on any atom is 0.305 e. The Balaban J connectivity index is 1.82. The predicted molar refractivity (Wildman–Crippen MR) is 118 cm³/mol. The molecular weight excluding hydrogens is 396 g/mol. The van der Waals surface area contributed by atoms with E-state index in [-0.39, 0.29) is 25.0 Å². The molecule has 0 atom stereocenters. The molecule has 0 saturated carbocycles. The molecule has 3 rings (SSSR count). The summed E-state index contributed by atoms with van der Waals surface area (Å²) >= 11 is 0. The Morgan fingerprint density at radius 2 is 1.71 bits per heavy atom. The average molecular weight is 427 g/mol. The van der Waals surface area contributed by atoms with E-state index < -0.39 is 0 Å². The van der Waals surface area contributed by atoms with Crippen LogP contribution < -0.4 is 14.2 Å². The molecule has 0 fully saturated rings. The highest BCUT2D eigenvalue weighted by Crippen LogP contribution is 2.46. The quantitative estimate of drug-likeness (QED) is 0.372. The van der Waals surface area contributed by atoms with Crippen molar-refractivity contribution in [3.63, 3.8) is 0 Å². The number of esters is 1. The minimum atomic E-state index is -0.214. The highest BCUT2D eigenvalue weighted by atomic mass is 16.6. The van der Waals surface area contributed by atoms with Crippen LogP contribution in [0.1, 0.15) is 54.9 Å². The van der Waals surface area contributed by atoms with E-state index in [1.807, 2.05) is 30.3 Å². The van der Waals surface area contributed by atoms with Gasteiger partial charge in [0.2, 0.25) is 5.75 Å². The van der Waals surface area contributed by atoms with Crippen LogP contribution in [0.2, 0.25) is 0 Å². The number of unbranched alkanes of at least 4 members (excludes halogenated alkanes) is 2. The first kappa shape index (κ1) is 22.7. The fourth-order valence-electron chi connectivity index (χ4n) is 3.89. The van der Waals surface area contributed by atoms with Crippen LogP contribution in [0.4, 0.5) is 0 Å². The average Bonchev–Trinajstić information content (AvgIpc) is 3.17. The van der Waals surface area contributed by atoms with E-state index in [1.165, 1.54) is 0 Å². The molecule has 1 aliphatic carbocycles. The first-order chi connectivity index (χ1) is 15.1. The lowest BCUT2D eigenvalue weighted by Crippen LogP contribution is -2.13. The van der Waals surface area contributed by atoms with E-state index in [1.54, 1.807) is 14.2 Å². The molecule has 0 aliphatic heterocycles. The summed E-state index contributed by atoms with van der Waals surface area (Å²) in [5, 5.41) is 0. The summed E-state index contributed by atoms with van der Waals surface area (Å²) in [5.74, 6) is 1.47. The third-order valence-electron chi connectivity index (χ3n) is 5.45. The highest BCUT2D eigenvalue weighted by molar-refractivity contribution is 6.02. The molecule has 0 spiro atoms. The Bertz CT molecular complexity index is 934. The van der Waals surface area contributed by atoms with Crippen LogP contribution in [0.15, 0.2) is 30.3 Å². The molecule has 31 heavy (non-hydrogen) atoms. The van der Waals surface area contributed by atoms with Gasteiger partial charge in [-0.25, -0.2) is 0 Å². The van der Waals surface area contributed by atoms with Gasteiger partial charge in [0.1, 0.15) is 13.2 Å². The van der Waals surface area contributed by atoms with E-state index in [4.69, 9.17) is 18.9 Å². The molecule has 2 aromatic carbocycles. The molecule has 1 aliphatic rings. The van der Waals surface area contributed by atoms with E-state index in [2.05, 4.69) is 6.92 Å². The highest BCUT2D eigenvalue weighted by Gasteiger charge is 2.25. The largest absolute Gasteiger partial charge is 0.493 e. The van der Waals surface area contributed by atoms with Crippen molar-refractivity contribution in [3.05, 3.63) is 41.5 Å². The van der Waals surface area contributed by atoms with Crippen LogP contribution >= 0.6 is 0 Å². The van der Waals surface area contributed by atoms with Crippen molar-refractivity contribution < 1.29 is 28.5 Å². The molecule has 2 aromatic rings. The number of carbonyl (C=O) groups is 2. The van der Waals surface area contributed by atoms with Gasteiger partial charge < -0.3 is 18.9 Å². The lowest BCUT2D eigenvalue weighted by molar-refractivity contribution is -0.144. The van der Waals surface area contributed by atoms with Crippen LogP contribution in [0, 0.1) is 0 Å². The van der Waals surface area contributed by atoms with Gasteiger partial charge in [-0.15, -0.1) is 0 Å². The second-order valence-electron chi connectivity index (χ2n) is 7.46. The number of Topliss-reactive ketones (excluding diaryl/α,β-unsaturated/α-hetero) is 1. The van der Waals surface area contributed by atoms with Gasteiger partial charge in [-0.05, 0) is 36.1 Å². The van der Waals surface area contributed by atoms with Crippen molar-refractivity contribution in [3.8, 4) is 28.4 Å². The zero-order valence-electron chi connectivity index (χ0n) is 18.5. The summed E-state index contributed by atoms with van der Waals surface area (Å²) in [6.45, 7) is 2.43. The summed E-state index contributed by atoms with van der Waals surface area (Å²) in [6, 6.07) is 9.47. The number of hydrogen-bond acceptors (Lipinski definition) is 6. The van der Waals surface area contributed by atoms with Gasteiger partial charge in [0.15, 0.2) is 17.3 Å². The third-order valence-corrected chi connectivity index (χ3v) is 5.45. The normalized spacial score (nSPS) is 12.4. The molecule has 0 radical (unpaired) electrons. The van der Waals surface area contributed by atoms with Crippen molar-refractivity contribution in [2.75, 3.05) is 27.4 Å². The molecule has 0 N–H and O–H groups in total. The van der Waals surface area contributed by atoms with Gasteiger partial charge in [0.25, 0.3) is 0 Å². The second kappa shape index (κ2) is 10.8. The number of fused-ring (bicyclic) bond motifs is 1. The number of rotatable bonds is 11. The van der Waals surface area contributed by atoms with Gasteiger partial charge in [-0.2, -0.15) is 0 Å². The smallest absolute Gasteiger partial charge is 0.305 e. The summed E-state index contributed by atoms with van der Waals surface area (Å²) < 4.78 is 22.4. The summed E-state index contributed by atoms with van der Waals surface area (Å²) in [5.41, 5.74) is 3.54. The van der Waals surface area contributed by atoms with Gasteiger partial charge in [0, 0.05) is 24.0 Å². The number of methoxy groups -OCH3 is 2. The van der Waals surface area contributed by atoms with Crippen LogP contribution in [0.3, 0.4) is 0 Å². The minimum Gasteiger partial charge on any atom is -0.493 e. The van der Waals surface area contributed by atoms with E-state index >= 15 is 0 Å². The van der Waals surface area contributed by atoms with Crippen LogP contribution in [-0.2, 0) is 16.0 Å². The van der Waals surface area contributed by atoms with Crippen molar-refractivity contribution in [2.24, 2.45) is 0 Å². The molecular formula is C25H30O6. The van der Waals surface area contributed by atoms with E-state index in [0.29, 0.717) is 36.5 Å². The zero-order valence-corrected chi connectivity index (χ0v) is 18.5. The van der Waals surface area contributed by atoms with Gasteiger partial charge >= 0.3 is 5.97 Å². The standard InChI is InChI=1S/C25H30O6/c1-4-5-6-10-23(27)30-15-16-31-24-20(12-14-22(28-2)25(24)29-3)17-8-7-9-19-18(17)11-13-21(19)26/h7-9,12,14H,4-6,10-11,13,15-16H2,1-3H3. The molecule has 0 amide bonds. The Labute approximate surface area is 183 Å². The fraction of sp³-hybridized carbons (Fsp3) is 0.440. The Morgan fingerprint density at radius 3 is 2.45 bits per heavy atom. The summed E-state index contributed by atoms with van der Waals surface area (Å²) in [7, 11) is 3.12. The monoisotopic (exact) mass is 426 g/mol. The molecule has 0 bridgehead atoms.